The third-order valence-electron chi connectivity index (χ3n) is 1.01. The van der Waals surface area contributed by atoms with Gasteiger partial charge in [-0.3, -0.25) is 4.21 Å². The molecule has 0 radical (unpaired) electrons. The molecular weight excluding hydrogens is 186 g/mol. The van der Waals surface area contributed by atoms with Crippen molar-refractivity contribution in [1.82, 2.24) is 6.15 Å². The van der Waals surface area contributed by atoms with E-state index in [9.17, 15) is 8.76 Å². The summed E-state index contributed by atoms with van der Waals surface area (Å²) in [7, 11) is 0. The van der Waals surface area contributed by atoms with Crippen LogP contribution in [-0.2, 0) is 11.1 Å². The average molecular weight is 194 g/mol. The Bertz CT molecular complexity index is 249. The van der Waals surface area contributed by atoms with Crippen LogP contribution in [0.3, 0.4) is 0 Å². The molecule has 62 valence electrons. The fourth-order valence-electron chi connectivity index (χ4n) is 0.546. The van der Waals surface area contributed by atoms with Crippen molar-refractivity contribution in [2.24, 2.45) is 0 Å². The van der Waals surface area contributed by atoms with Crippen molar-refractivity contribution in [3.05, 3.63) is 29.3 Å². The Morgan fingerprint density at radius 1 is 1.27 bits per heavy atom. The van der Waals surface area contributed by atoms with E-state index in [0.29, 0.717) is 5.02 Å². The molecule has 0 bridgehead atoms. The van der Waals surface area contributed by atoms with Gasteiger partial charge >= 0.3 is 0 Å². The number of hydrogen-bond acceptors (Lipinski definition) is 2. The molecule has 1 aromatic rings. The predicted molar refractivity (Wildman–Crippen MR) is 44.6 cm³/mol. The highest BCUT2D eigenvalue weighted by molar-refractivity contribution is 7.79. The van der Waals surface area contributed by atoms with E-state index in [1.165, 1.54) is 24.3 Å². The molecule has 4 N–H and O–H groups in total. The van der Waals surface area contributed by atoms with Crippen LogP contribution in [0.15, 0.2) is 29.2 Å². The Balaban J connectivity index is 0.000001000. The van der Waals surface area contributed by atoms with Crippen LogP contribution in [0.4, 0.5) is 0 Å². The highest BCUT2D eigenvalue weighted by Gasteiger charge is 1.89. The second kappa shape index (κ2) is 4.46. The zero-order valence-corrected chi connectivity index (χ0v) is 7.48. The Hall–Kier alpha value is -0.420. The molecule has 3 nitrogen and oxygen atoms in total. The second-order valence-corrected chi connectivity index (χ2v) is 3.07. The minimum absolute atomic E-state index is 0. The number of rotatable bonds is 1. The summed E-state index contributed by atoms with van der Waals surface area (Å²) in [4.78, 5) is 0.254. The quantitative estimate of drug-likeness (QED) is 0.692. The van der Waals surface area contributed by atoms with E-state index in [0.717, 1.165) is 0 Å². The summed E-state index contributed by atoms with van der Waals surface area (Å²) in [6.45, 7) is 0. The fraction of sp³-hybridized carbons (Fsp3) is 0. The van der Waals surface area contributed by atoms with Gasteiger partial charge in [0, 0.05) is 9.92 Å². The summed E-state index contributed by atoms with van der Waals surface area (Å²) in [5.41, 5.74) is 0. The van der Waals surface area contributed by atoms with Gasteiger partial charge in [-0.25, -0.2) is 0 Å². The van der Waals surface area contributed by atoms with E-state index in [4.69, 9.17) is 11.6 Å². The lowest BCUT2D eigenvalue weighted by molar-refractivity contribution is 0.537. The van der Waals surface area contributed by atoms with Crippen molar-refractivity contribution < 1.29 is 8.76 Å². The standard InChI is InChI=1S/C6H5ClO2S.H3N/c7-5-1-3-6(4-2-5)10(8)9;/h1-4H,(H,8,9);1H3. The van der Waals surface area contributed by atoms with Gasteiger partial charge in [0.05, 0.1) is 0 Å². The number of hydrogen-bond donors (Lipinski definition) is 1. The molecule has 5 heteroatoms. The van der Waals surface area contributed by atoms with Gasteiger partial charge in [-0.15, -0.1) is 0 Å². The van der Waals surface area contributed by atoms with Crippen LogP contribution < -0.4 is 6.15 Å². The average Bonchev–Trinajstić information content (AvgIpc) is 1.88. The lowest BCUT2D eigenvalue weighted by Crippen LogP contribution is -1.86. The van der Waals surface area contributed by atoms with Gasteiger partial charge in [0.15, 0.2) is 0 Å². The topological polar surface area (TPSA) is 76.6 Å². The molecule has 0 saturated carbocycles. The first-order valence-corrected chi connectivity index (χ1v) is 4.00. The first-order valence-electron chi connectivity index (χ1n) is 2.55. The fourth-order valence-corrected chi connectivity index (χ4v) is 1.03. The van der Waals surface area contributed by atoms with Crippen LogP contribution in [0.2, 0.25) is 5.02 Å². The molecule has 0 aliphatic rings. The monoisotopic (exact) mass is 193 g/mol. The summed E-state index contributed by atoms with van der Waals surface area (Å²) in [6, 6.07) is 5.97. The summed E-state index contributed by atoms with van der Waals surface area (Å²) in [5.74, 6) is 0. The maximum atomic E-state index is 10.3. The Morgan fingerprint density at radius 3 is 2.09 bits per heavy atom. The van der Waals surface area contributed by atoms with Crippen molar-refractivity contribution >= 4 is 22.7 Å². The van der Waals surface area contributed by atoms with Crippen molar-refractivity contribution in [2.75, 3.05) is 0 Å². The molecule has 0 saturated heterocycles. The zero-order valence-electron chi connectivity index (χ0n) is 5.91. The lowest BCUT2D eigenvalue weighted by Gasteiger charge is -2.02. The third-order valence-corrected chi connectivity index (χ3v) is 1.92. The maximum Gasteiger partial charge on any atom is 0.0406 e. The SMILES string of the molecule is O=S([O-])c1ccc(Cl)cc1.[NH4+]. The summed E-state index contributed by atoms with van der Waals surface area (Å²) in [6.07, 6.45) is 0. The van der Waals surface area contributed by atoms with Crippen LogP contribution in [0.25, 0.3) is 0 Å². The number of benzene rings is 1. The van der Waals surface area contributed by atoms with Gasteiger partial charge in [-0.05, 0) is 35.3 Å². The second-order valence-electron chi connectivity index (χ2n) is 1.69. The molecule has 1 unspecified atom stereocenters. The largest absolute Gasteiger partial charge is 0.768 e. The van der Waals surface area contributed by atoms with E-state index in [1.807, 2.05) is 0 Å². The van der Waals surface area contributed by atoms with Gasteiger partial charge in [0.25, 0.3) is 0 Å². The van der Waals surface area contributed by atoms with E-state index < -0.39 is 11.1 Å². The van der Waals surface area contributed by atoms with Gasteiger partial charge in [-0.1, -0.05) is 11.6 Å². The minimum Gasteiger partial charge on any atom is -0.768 e. The molecule has 0 aliphatic carbocycles. The van der Waals surface area contributed by atoms with Crippen molar-refractivity contribution in [2.45, 2.75) is 4.90 Å². The molecule has 0 amide bonds. The third kappa shape index (κ3) is 2.98. The van der Waals surface area contributed by atoms with Gasteiger partial charge in [0.2, 0.25) is 0 Å². The van der Waals surface area contributed by atoms with E-state index in [-0.39, 0.29) is 11.0 Å². The molecule has 0 fully saturated rings. The Morgan fingerprint density at radius 2 is 1.73 bits per heavy atom. The number of quaternary nitrogens is 1. The zero-order chi connectivity index (χ0) is 7.56. The molecule has 0 aromatic heterocycles. The van der Waals surface area contributed by atoms with Gasteiger partial charge in [-0.2, -0.15) is 0 Å². The molecule has 1 rings (SSSR count). The smallest absolute Gasteiger partial charge is 0.0406 e. The number of halogens is 1. The van der Waals surface area contributed by atoms with E-state index in [2.05, 4.69) is 0 Å². The van der Waals surface area contributed by atoms with Crippen LogP contribution in [0.1, 0.15) is 0 Å². The first kappa shape index (κ1) is 10.6. The van der Waals surface area contributed by atoms with Crippen molar-refractivity contribution in [1.29, 1.82) is 0 Å². The molecule has 1 aromatic carbocycles. The molecule has 0 heterocycles. The minimum atomic E-state index is -2.15. The van der Waals surface area contributed by atoms with E-state index in [1.54, 1.807) is 0 Å². The maximum absolute atomic E-state index is 10.3. The van der Waals surface area contributed by atoms with Crippen LogP contribution >= 0.6 is 11.6 Å². The molecule has 11 heavy (non-hydrogen) atoms. The van der Waals surface area contributed by atoms with Gasteiger partial charge in [0.1, 0.15) is 0 Å². The lowest BCUT2D eigenvalue weighted by atomic mass is 10.4. The van der Waals surface area contributed by atoms with Gasteiger partial charge < -0.3 is 10.7 Å². The summed E-state index contributed by atoms with van der Waals surface area (Å²) < 4.78 is 20.5. The summed E-state index contributed by atoms with van der Waals surface area (Å²) in [5, 5.41) is 0.536. The van der Waals surface area contributed by atoms with Crippen molar-refractivity contribution in [3.8, 4) is 0 Å². The molecule has 1 atom stereocenters. The summed E-state index contributed by atoms with van der Waals surface area (Å²) >= 11 is 3.37. The molecule has 0 aliphatic heterocycles. The van der Waals surface area contributed by atoms with Crippen LogP contribution in [-0.4, -0.2) is 8.76 Å². The van der Waals surface area contributed by atoms with E-state index >= 15 is 0 Å². The molecule has 0 spiro atoms. The van der Waals surface area contributed by atoms with Crippen LogP contribution in [0, 0.1) is 0 Å². The van der Waals surface area contributed by atoms with Crippen molar-refractivity contribution in [3.63, 3.8) is 0 Å². The molecular formula is C6H8ClNO2S. The predicted octanol–water partition coefficient (Wildman–Crippen LogP) is 1.95. The normalized spacial score (nSPS) is 11.8. The Kier molecular flexibility index (Phi) is 4.29. The first-order chi connectivity index (χ1) is 4.70. The Labute approximate surface area is 72.2 Å². The van der Waals surface area contributed by atoms with Crippen LogP contribution in [0.5, 0.6) is 0 Å². The highest BCUT2D eigenvalue weighted by atomic mass is 35.5. The highest BCUT2D eigenvalue weighted by Crippen LogP contribution is 2.10.